The van der Waals surface area contributed by atoms with Crippen LogP contribution in [0.25, 0.3) is 0 Å². The lowest BCUT2D eigenvalue weighted by molar-refractivity contribution is 0.0525. The lowest BCUT2D eigenvalue weighted by Crippen LogP contribution is -2.38. The number of benzene rings is 1. The van der Waals surface area contributed by atoms with Crippen molar-refractivity contribution in [3.8, 4) is 0 Å². The summed E-state index contributed by atoms with van der Waals surface area (Å²) in [6, 6.07) is 9.61. The number of hydrogen-bond donors (Lipinski definition) is 1. The molecule has 0 unspecified atom stereocenters. The molecule has 2 rings (SSSR count). The minimum Gasteiger partial charge on any atom is -0.462 e. The Morgan fingerprint density at radius 2 is 1.80 bits per heavy atom. The van der Waals surface area contributed by atoms with Gasteiger partial charge in [0.15, 0.2) is 5.78 Å². The molecule has 0 spiro atoms. The van der Waals surface area contributed by atoms with Gasteiger partial charge in [-0.1, -0.05) is 30.3 Å². The number of ketones is 1. The van der Waals surface area contributed by atoms with Crippen LogP contribution >= 0.6 is 0 Å². The molecule has 0 bridgehead atoms. The number of H-pyrrole nitrogens is 1. The molecule has 0 aliphatic rings. The Kier molecular flexibility index (Phi) is 6.15. The second-order valence-corrected chi connectivity index (χ2v) is 6.38. The molecule has 1 aromatic heterocycles. The molecule has 0 aliphatic heterocycles. The summed E-state index contributed by atoms with van der Waals surface area (Å²) in [6.45, 7) is 5.65. The van der Waals surface area contributed by atoms with Crippen LogP contribution in [0.4, 0.5) is 0 Å². The van der Waals surface area contributed by atoms with Crippen LogP contribution in [0.5, 0.6) is 0 Å². The zero-order chi connectivity index (χ0) is 18.6. The number of aromatic amines is 1. The molecule has 0 fully saturated rings. The predicted molar refractivity (Wildman–Crippen MR) is 98.2 cm³/mol. The largest absolute Gasteiger partial charge is 0.462 e. The van der Waals surface area contributed by atoms with E-state index in [4.69, 9.17) is 4.74 Å². The minimum absolute atomic E-state index is 0.0231. The number of likely N-dealkylation sites (N-methyl/N-ethyl adjacent to an activating group) is 1. The van der Waals surface area contributed by atoms with Gasteiger partial charge in [-0.2, -0.15) is 0 Å². The molecule has 25 heavy (non-hydrogen) atoms. The smallest absolute Gasteiger partial charge is 0.340 e. The van der Waals surface area contributed by atoms with Crippen molar-refractivity contribution in [2.75, 3.05) is 20.7 Å². The quantitative estimate of drug-likeness (QED) is 0.620. The van der Waals surface area contributed by atoms with Crippen LogP contribution in [-0.2, 0) is 11.2 Å². The first-order valence-electron chi connectivity index (χ1n) is 8.47. The van der Waals surface area contributed by atoms with Gasteiger partial charge >= 0.3 is 5.97 Å². The zero-order valence-electron chi connectivity index (χ0n) is 15.6. The van der Waals surface area contributed by atoms with E-state index in [0.717, 1.165) is 5.56 Å². The van der Waals surface area contributed by atoms with Crippen molar-refractivity contribution in [3.63, 3.8) is 0 Å². The van der Waals surface area contributed by atoms with E-state index in [1.807, 2.05) is 49.3 Å². The number of nitrogens with zero attached hydrogens (tertiary/aromatic N) is 1. The predicted octanol–water partition coefficient (Wildman–Crippen LogP) is 3.16. The molecule has 134 valence electrons. The Balaban J connectivity index is 2.34. The molecule has 0 radical (unpaired) electrons. The summed E-state index contributed by atoms with van der Waals surface area (Å²) >= 11 is 0. The highest BCUT2D eigenvalue weighted by Crippen LogP contribution is 2.22. The number of esters is 1. The highest BCUT2D eigenvalue weighted by atomic mass is 16.5. The number of nitrogens with one attached hydrogen (secondary N) is 1. The van der Waals surface area contributed by atoms with Crippen molar-refractivity contribution in [1.82, 2.24) is 9.88 Å². The Morgan fingerprint density at radius 3 is 2.36 bits per heavy atom. The molecular formula is C20H26N2O3. The van der Waals surface area contributed by atoms with Crippen molar-refractivity contribution in [1.29, 1.82) is 0 Å². The molecule has 5 heteroatoms. The van der Waals surface area contributed by atoms with Crippen molar-refractivity contribution in [3.05, 3.63) is 58.4 Å². The lowest BCUT2D eigenvalue weighted by Gasteiger charge is -2.23. The summed E-state index contributed by atoms with van der Waals surface area (Å²) in [4.78, 5) is 30.3. The third-order valence-electron chi connectivity index (χ3n) is 4.36. The highest BCUT2D eigenvalue weighted by Gasteiger charge is 2.29. The second kappa shape index (κ2) is 8.12. The van der Waals surface area contributed by atoms with Gasteiger partial charge in [-0.05, 0) is 52.4 Å². The van der Waals surface area contributed by atoms with Gasteiger partial charge < -0.3 is 9.72 Å². The topological polar surface area (TPSA) is 62.4 Å². The summed E-state index contributed by atoms with van der Waals surface area (Å²) in [5.41, 5.74) is 3.36. The molecule has 0 amide bonds. The maximum absolute atomic E-state index is 13.1. The number of aryl methyl sites for hydroxylation is 1. The van der Waals surface area contributed by atoms with Crippen LogP contribution < -0.4 is 0 Å². The first-order chi connectivity index (χ1) is 11.9. The molecule has 1 atom stereocenters. The van der Waals surface area contributed by atoms with Crippen molar-refractivity contribution in [2.24, 2.45) is 0 Å². The third kappa shape index (κ3) is 4.17. The molecule has 0 aliphatic carbocycles. The van der Waals surface area contributed by atoms with Gasteiger partial charge in [0.05, 0.1) is 23.9 Å². The van der Waals surface area contributed by atoms with Gasteiger partial charge in [-0.15, -0.1) is 0 Å². The fourth-order valence-electron chi connectivity index (χ4n) is 3.02. The SMILES string of the molecule is CCOC(=O)c1c(C)[nH]c(C(=O)[C@@H](Cc2ccccc2)N(C)C)c1C. The van der Waals surface area contributed by atoms with Crippen LogP contribution in [0.15, 0.2) is 30.3 Å². The van der Waals surface area contributed by atoms with E-state index in [-0.39, 0.29) is 11.8 Å². The van der Waals surface area contributed by atoms with Gasteiger partial charge in [0, 0.05) is 5.69 Å². The number of rotatable bonds is 7. The average Bonchev–Trinajstić information content (AvgIpc) is 2.87. The van der Waals surface area contributed by atoms with Crippen LogP contribution in [0.3, 0.4) is 0 Å². The molecule has 1 heterocycles. The maximum Gasteiger partial charge on any atom is 0.340 e. The summed E-state index contributed by atoms with van der Waals surface area (Å²) < 4.78 is 5.11. The molecule has 1 N–H and O–H groups in total. The standard InChI is InChI=1S/C20H26N2O3/c1-6-25-20(24)17-13(2)18(21-14(17)3)19(23)16(22(4)5)12-15-10-8-7-9-11-15/h7-11,16,21H,6,12H2,1-5H3/t16-/m1/s1. The van der Waals surface area contributed by atoms with Crippen LogP contribution in [0, 0.1) is 13.8 Å². The van der Waals surface area contributed by atoms with Crippen molar-refractivity contribution < 1.29 is 14.3 Å². The Labute approximate surface area is 149 Å². The van der Waals surface area contributed by atoms with E-state index in [2.05, 4.69) is 4.98 Å². The highest BCUT2D eigenvalue weighted by molar-refractivity contribution is 6.04. The molecule has 2 aromatic rings. The zero-order valence-corrected chi connectivity index (χ0v) is 15.6. The Hall–Kier alpha value is -2.40. The molecule has 5 nitrogen and oxygen atoms in total. The molecule has 1 aromatic carbocycles. The number of aromatic nitrogens is 1. The van der Waals surface area contributed by atoms with Crippen LogP contribution in [0.1, 0.15) is 44.6 Å². The summed E-state index contributed by atoms with van der Waals surface area (Å²) in [5, 5.41) is 0. The number of Topliss-reactive ketones (excluding diaryl/α,β-unsaturated/α-hetero) is 1. The van der Waals surface area contributed by atoms with E-state index < -0.39 is 5.97 Å². The van der Waals surface area contributed by atoms with E-state index in [1.54, 1.807) is 20.8 Å². The lowest BCUT2D eigenvalue weighted by atomic mass is 9.97. The molecule has 0 saturated heterocycles. The normalized spacial score (nSPS) is 12.2. The number of carbonyl (C=O) groups is 2. The van der Waals surface area contributed by atoms with Gasteiger partial charge in [0.25, 0.3) is 0 Å². The van der Waals surface area contributed by atoms with E-state index >= 15 is 0 Å². The maximum atomic E-state index is 13.1. The summed E-state index contributed by atoms with van der Waals surface area (Å²) in [5.74, 6) is -0.415. The fraction of sp³-hybridized carbons (Fsp3) is 0.400. The summed E-state index contributed by atoms with van der Waals surface area (Å²) in [7, 11) is 3.78. The number of carbonyl (C=O) groups excluding carboxylic acids is 2. The van der Waals surface area contributed by atoms with Gasteiger partial charge in [0.1, 0.15) is 0 Å². The number of hydrogen-bond acceptors (Lipinski definition) is 4. The number of ether oxygens (including phenoxy) is 1. The van der Waals surface area contributed by atoms with E-state index in [1.165, 1.54) is 0 Å². The fourth-order valence-corrected chi connectivity index (χ4v) is 3.02. The van der Waals surface area contributed by atoms with Crippen molar-refractivity contribution >= 4 is 11.8 Å². The van der Waals surface area contributed by atoms with Gasteiger partial charge in [-0.3, -0.25) is 9.69 Å². The monoisotopic (exact) mass is 342 g/mol. The van der Waals surface area contributed by atoms with Gasteiger partial charge in [-0.25, -0.2) is 4.79 Å². The minimum atomic E-state index is -0.391. The van der Waals surface area contributed by atoms with Crippen LogP contribution in [0.2, 0.25) is 0 Å². The molecule has 0 saturated carbocycles. The Morgan fingerprint density at radius 1 is 1.16 bits per heavy atom. The first-order valence-corrected chi connectivity index (χ1v) is 8.47. The summed E-state index contributed by atoms with van der Waals surface area (Å²) in [6.07, 6.45) is 0.610. The Bertz CT molecular complexity index is 748. The third-order valence-corrected chi connectivity index (χ3v) is 4.36. The van der Waals surface area contributed by atoms with E-state index in [0.29, 0.717) is 35.5 Å². The second-order valence-electron chi connectivity index (χ2n) is 6.38. The molecular weight excluding hydrogens is 316 g/mol. The van der Waals surface area contributed by atoms with Crippen LogP contribution in [-0.4, -0.2) is 48.4 Å². The van der Waals surface area contributed by atoms with E-state index in [9.17, 15) is 9.59 Å². The average molecular weight is 342 g/mol. The van der Waals surface area contributed by atoms with Crippen molar-refractivity contribution in [2.45, 2.75) is 33.2 Å². The van der Waals surface area contributed by atoms with Gasteiger partial charge in [0.2, 0.25) is 0 Å². The first kappa shape index (κ1) is 18.9.